The van der Waals surface area contributed by atoms with Gasteiger partial charge in [0, 0.05) is 24.0 Å². The molecule has 0 aliphatic rings. The van der Waals surface area contributed by atoms with Crippen LogP contribution in [0, 0.1) is 5.82 Å². The Labute approximate surface area is 139 Å². The minimum Gasteiger partial charge on any atom is -0.476 e. The van der Waals surface area contributed by atoms with Crippen LogP contribution < -0.4 is 5.56 Å². The second kappa shape index (κ2) is 5.23. The fraction of sp³-hybridized carbons (Fsp3) is 0.0588. The van der Waals surface area contributed by atoms with Gasteiger partial charge in [-0.25, -0.2) is 14.2 Å². The van der Waals surface area contributed by atoms with E-state index in [1.165, 1.54) is 29.0 Å². The molecule has 25 heavy (non-hydrogen) atoms. The molecule has 0 spiro atoms. The average Bonchev–Trinajstić information content (AvgIpc) is 2.89. The van der Waals surface area contributed by atoms with E-state index in [9.17, 15) is 19.1 Å². The van der Waals surface area contributed by atoms with E-state index >= 15 is 0 Å². The second-order valence-corrected chi connectivity index (χ2v) is 5.50. The Bertz CT molecular complexity index is 1210. The maximum Gasteiger partial charge on any atom is 0.357 e. The van der Waals surface area contributed by atoms with Crippen LogP contribution in [-0.4, -0.2) is 30.4 Å². The van der Waals surface area contributed by atoms with Crippen LogP contribution in [0.5, 0.6) is 0 Å². The number of halogens is 1. The number of carboxylic acids is 1. The van der Waals surface area contributed by atoms with Gasteiger partial charge in [-0.3, -0.25) is 4.79 Å². The van der Waals surface area contributed by atoms with Crippen LogP contribution in [0.25, 0.3) is 27.6 Å². The SMILES string of the molecule is Cn1c2cc(F)ccc2c2c(C(=O)O)nn(-c3ccccn3)c(=O)c21. The number of hydrogen-bond donors (Lipinski definition) is 1. The quantitative estimate of drug-likeness (QED) is 0.604. The molecule has 4 aromatic rings. The zero-order valence-electron chi connectivity index (χ0n) is 13.0. The Hall–Kier alpha value is -3.55. The van der Waals surface area contributed by atoms with Gasteiger partial charge in [-0.15, -0.1) is 0 Å². The molecule has 0 saturated heterocycles. The molecule has 3 heterocycles. The summed E-state index contributed by atoms with van der Waals surface area (Å²) < 4.78 is 16.0. The molecule has 124 valence electrons. The van der Waals surface area contributed by atoms with E-state index in [1.807, 2.05) is 0 Å². The van der Waals surface area contributed by atoms with Crippen molar-refractivity contribution in [2.24, 2.45) is 7.05 Å². The van der Waals surface area contributed by atoms with Crippen LogP contribution in [0.15, 0.2) is 47.4 Å². The summed E-state index contributed by atoms with van der Waals surface area (Å²) in [6, 6.07) is 8.81. The van der Waals surface area contributed by atoms with Gasteiger partial charge in [-0.05, 0) is 30.3 Å². The molecule has 0 amide bonds. The monoisotopic (exact) mass is 338 g/mol. The van der Waals surface area contributed by atoms with Crippen molar-refractivity contribution in [1.82, 2.24) is 19.3 Å². The highest BCUT2D eigenvalue weighted by Gasteiger charge is 2.23. The topological polar surface area (TPSA) is 90.0 Å². The first-order chi connectivity index (χ1) is 12.0. The van der Waals surface area contributed by atoms with Crippen LogP contribution in [0.2, 0.25) is 0 Å². The first-order valence-electron chi connectivity index (χ1n) is 7.34. The highest BCUT2D eigenvalue weighted by molar-refractivity contribution is 6.15. The summed E-state index contributed by atoms with van der Waals surface area (Å²) >= 11 is 0. The van der Waals surface area contributed by atoms with Gasteiger partial charge in [0.1, 0.15) is 11.3 Å². The van der Waals surface area contributed by atoms with Gasteiger partial charge in [0.15, 0.2) is 11.5 Å². The molecule has 0 aliphatic heterocycles. The van der Waals surface area contributed by atoms with Crippen molar-refractivity contribution in [3.05, 3.63) is 64.5 Å². The number of pyridine rings is 1. The van der Waals surface area contributed by atoms with Crippen LogP contribution >= 0.6 is 0 Å². The van der Waals surface area contributed by atoms with Gasteiger partial charge in [-0.1, -0.05) is 6.07 Å². The number of aryl methyl sites for hydroxylation is 1. The molecule has 4 rings (SSSR count). The summed E-state index contributed by atoms with van der Waals surface area (Å²) in [6.07, 6.45) is 1.48. The molecular formula is C17H11FN4O3. The summed E-state index contributed by atoms with van der Waals surface area (Å²) in [5, 5.41) is 14.2. The van der Waals surface area contributed by atoms with Gasteiger partial charge in [0.25, 0.3) is 5.56 Å². The Morgan fingerprint density at radius 1 is 1.24 bits per heavy atom. The van der Waals surface area contributed by atoms with Gasteiger partial charge in [0.05, 0.1) is 5.52 Å². The minimum atomic E-state index is -1.29. The van der Waals surface area contributed by atoms with Crippen LogP contribution in [0.1, 0.15) is 10.5 Å². The molecule has 0 aliphatic carbocycles. The van der Waals surface area contributed by atoms with E-state index in [0.717, 1.165) is 4.68 Å². The molecule has 1 N–H and O–H groups in total. The zero-order valence-corrected chi connectivity index (χ0v) is 13.0. The first-order valence-corrected chi connectivity index (χ1v) is 7.34. The summed E-state index contributed by atoms with van der Waals surface area (Å²) in [6.45, 7) is 0. The fourth-order valence-corrected chi connectivity index (χ4v) is 2.98. The van der Waals surface area contributed by atoms with E-state index in [0.29, 0.717) is 10.9 Å². The normalized spacial score (nSPS) is 11.3. The Balaban J connectivity index is 2.25. The van der Waals surface area contributed by atoms with Crippen LogP contribution in [0.3, 0.4) is 0 Å². The summed E-state index contributed by atoms with van der Waals surface area (Å²) in [5.74, 6) is -1.56. The van der Waals surface area contributed by atoms with E-state index < -0.39 is 17.3 Å². The molecule has 0 radical (unpaired) electrons. The third kappa shape index (κ3) is 2.11. The van der Waals surface area contributed by atoms with E-state index in [4.69, 9.17) is 0 Å². The van der Waals surface area contributed by atoms with Crippen molar-refractivity contribution < 1.29 is 14.3 Å². The highest BCUT2D eigenvalue weighted by Crippen LogP contribution is 2.28. The number of fused-ring (bicyclic) bond motifs is 3. The molecule has 0 unspecified atom stereocenters. The van der Waals surface area contributed by atoms with E-state index in [-0.39, 0.29) is 22.4 Å². The number of aromatic nitrogens is 4. The molecule has 3 aromatic heterocycles. The molecule has 7 nitrogen and oxygen atoms in total. The molecule has 0 atom stereocenters. The fourth-order valence-electron chi connectivity index (χ4n) is 2.98. The number of hydrogen-bond acceptors (Lipinski definition) is 4. The van der Waals surface area contributed by atoms with E-state index in [2.05, 4.69) is 10.1 Å². The molecule has 0 fully saturated rings. The maximum absolute atomic E-state index is 13.6. The lowest BCUT2D eigenvalue weighted by Gasteiger charge is -2.06. The number of carbonyl (C=O) groups is 1. The van der Waals surface area contributed by atoms with Crippen molar-refractivity contribution in [1.29, 1.82) is 0 Å². The summed E-state index contributed by atoms with van der Waals surface area (Å²) in [7, 11) is 1.58. The van der Waals surface area contributed by atoms with Gasteiger partial charge in [0.2, 0.25) is 0 Å². The Kier molecular flexibility index (Phi) is 3.14. The lowest BCUT2D eigenvalue weighted by Crippen LogP contribution is -2.26. The van der Waals surface area contributed by atoms with Gasteiger partial charge in [-0.2, -0.15) is 9.78 Å². The van der Waals surface area contributed by atoms with Crippen molar-refractivity contribution >= 4 is 27.8 Å². The largest absolute Gasteiger partial charge is 0.476 e. The van der Waals surface area contributed by atoms with Crippen molar-refractivity contribution in [3.63, 3.8) is 0 Å². The van der Waals surface area contributed by atoms with Crippen LogP contribution in [-0.2, 0) is 7.05 Å². The molecule has 0 bridgehead atoms. The molecular weight excluding hydrogens is 327 g/mol. The number of benzene rings is 1. The summed E-state index contributed by atoms with van der Waals surface area (Å²) in [4.78, 5) is 28.7. The second-order valence-electron chi connectivity index (χ2n) is 5.50. The number of rotatable bonds is 2. The first kappa shape index (κ1) is 15.0. The number of aromatic carboxylic acids is 1. The number of carboxylic acid groups (broad SMARTS) is 1. The maximum atomic E-state index is 13.6. The zero-order chi connectivity index (χ0) is 17.7. The highest BCUT2D eigenvalue weighted by atomic mass is 19.1. The third-order valence-corrected chi connectivity index (χ3v) is 4.06. The van der Waals surface area contributed by atoms with E-state index in [1.54, 1.807) is 25.2 Å². The van der Waals surface area contributed by atoms with Gasteiger partial charge < -0.3 is 9.67 Å². The van der Waals surface area contributed by atoms with Crippen molar-refractivity contribution in [2.75, 3.05) is 0 Å². The lowest BCUT2D eigenvalue weighted by atomic mass is 10.1. The lowest BCUT2D eigenvalue weighted by molar-refractivity contribution is 0.0691. The van der Waals surface area contributed by atoms with Crippen molar-refractivity contribution in [3.8, 4) is 5.82 Å². The standard InChI is InChI=1S/C17H11FN4O3/c1-21-11-8-9(18)5-6-10(11)13-14(17(24)25)20-22(16(23)15(13)21)12-4-2-3-7-19-12/h2-8H,1H3,(H,24,25). The van der Waals surface area contributed by atoms with Gasteiger partial charge >= 0.3 is 5.97 Å². The summed E-state index contributed by atoms with van der Waals surface area (Å²) in [5.41, 5.74) is -0.288. The van der Waals surface area contributed by atoms with Crippen LogP contribution in [0.4, 0.5) is 4.39 Å². The van der Waals surface area contributed by atoms with Crippen molar-refractivity contribution in [2.45, 2.75) is 0 Å². The average molecular weight is 338 g/mol. The molecule has 1 aromatic carbocycles. The number of nitrogens with zero attached hydrogens (tertiary/aromatic N) is 4. The molecule has 0 saturated carbocycles. The third-order valence-electron chi connectivity index (χ3n) is 4.06. The molecule has 8 heteroatoms. The Morgan fingerprint density at radius 2 is 2.04 bits per heavy atom. The smallest absolute Gasteiger partial charge is 0.357 e. The minimum absolute atomic E-state index is 0.124. The predicted octanol–water partition coefficient (Wildman–Crippen LogP) is 2.11. The predicted molar refractivity (Wildman–Crippen MR) is 88.5 cm³/mol. The Morgan fingerprint density at radius 3 is 2.72 bits per heavy atom.